The first kappa shape index (κ1) is 14.1. The van der Waals surface area contributed by atoms with Gasteiger partial charge < -0.3 is 5.11 Å². The van der Waals surface area contributed by atoms with Crippen molar-refractivity contribution in [2.24, 2.45) is 0 Å². The van der Waals surface area contributed by atoms with Gasteiger partial charge in [0.1, 0.15) is 5.54 Å². The molecule has 104 valence electrons. The van der Waals surface area contributed by atoms with E-state index in [1.54, 1.807) is 0 Å². The Kier molecular flexibility index (Phi) is 3.95. The zero-order valence-corrected chi connectivity index (χ0v) is 12.1. The summed E-state index contributed by atoms with van der Waals surface area (Å²) in [5, 5.41) is 9.76. The molecule has 1 N–H and O–H groups in total. The third kappa shape index (κ3) is 2.52. The molecule has 1 aromatic carbocycles. The topological polar surface area (TPSA) is 40.5 Å². The van der Waals surface area contributed by atoms with E-state index in [9.17, 15) is 9.90 Å². The van der Waals surface area contributed by atoms with E-state index in [-0.39, 0.29) is 0 Å². The number of carboxylic acids is 1. The minimum absolute atomic E-state index is 0.752. The van der Waals surface area contributed by atoms with Gasteiger partial charge in [0.05, 0.1) is 0 Å². The second kappa shape index (κ2) is 5.33. The van der Waals surface area contributed by atoms with E-state index in [4.69, 9.17) is 0 Å². The normalized spacial score (nSPS) is 19.9. The Bertz CT molecular complexity index is 478. The number of benzene rings is 1. The minimum Gasteiger partial charge on any atom is -0.480 e. The molecule has 1 aliphatic heterocycles. The summed E-state index contributed by atoms with van der Waals surface area (Å²) in [5.41, 5.74) is 2.35. The number of hydrogen-bond acceptors (Lipinski definition) is 2. The lowest BCUT2D eigenvalue weighted by molar-refractivity contribution is -0.152. The van der Waals surface area contributed by atoms with E-state index in [0.29, 0.717) is 0 Å². The molecule has 0 saturated carbocycles. The van der Waals surface area contributed by atoms with Crippen LogP contribution in [0.1, 0.15) is 42.9 Å². The van der Waals surface area contributed by atoms with Gasteiger partial charge in [0.2, 0.25) is 0 Å². The van der Waals surface area contributed by atoms with Crippen LogP contribution in [-0.4, -0.2) is 29.1 Å². The van der Waals surface area contributed by atoms with Crippen molar-refractivity contribution in [3.05, 3.63) is 34.9 Å². The van der Waals surface area contributed by atoms with Crippen LogP contribution in [0.25, 0.3) is 0 Å². The highest BCUT2D eigenvalue weighted by Gasteiger charge is 2.41. The van der Waals surface area contributed by atoms with Crippen molar-refractivity contribution in [1.29, 1.82) is 0 Å². The summed E-state index contributed by atoms with van der Waals surface area (Å²) in [5.74, 6) is -0.752. The molecular weight excluding hydrogens is 238 g/mol. The van der Waals surface area contributed by atoms with Crippen molar-refractivity contribution in [2.75, 3.05) is 13.1 Å². The van der Waals surface area contributed by atoms with E-state index >= 15 is 0 Å². The molecule has 1 fully saturated rings. The van der Waals surface area contributed by atoms with Gasteiger partial charge in [0.15, 0.2) is 0 Å². The van der Waals surface area contributed by atoms with Crippen LogP contribution in [0.3, 0.4) is 0 Å². The van der Waals surface area contributed by atoms with Gasteiger partial charge >= 0.3 is 5.97 Å². The monoisotopic (exact) mass is 261 g/mol. The maximum atomic E-state index is 11.9. The lowest BCUT2D eigenvalue weighted by Crippen LogP contribution is -2.51. The molecule has 0 aromatic heterocycles. The number of carbonyl (C=O) groups is 1. The number of aryl methyl sites for hydroxylation is 2. The van der Waals surface area contributed by atoms with Crippen LogP contribution >= 0.6 is 0 Å². The van der Waals surface area contributed by atoms with Gasteiger partial charge in [-0.2, -0.15) is 0 Å². The van der Waals surface area contributed by atoms with E-state index in [1.807, 2.05) is 32.0 Å². The van der Waals surface area contributed by atoms with Crippen LogP contribution in [0.5, 0.6) is 0 Å². The maximum absolute atomic E-state index is 11.9. The summed E-state index contributed by atoms with van der Waals surface area (Å²) < 4.78 is 0. The molecule has 1 atom stereocenters. The number of likely N-dealkylation sites (tertiary alicyclic amines) is 1. The Morgan fingerprint density at radius 1 is 1.16 bits per heavy atom. The number of carboxylic acid groups (broad SMARTS) is 1. The molecule has 1 aromatic rings. The molecule has 19 heavy (non-hydrogen) atoms. The van der Waals surface area contributed by atoms with Crippen LogP contribution in [-0.2, 0) is 10.3 Å². The lowest BCUT2D eigenvalue weighted by Gasteiger charge is -2.40. The van der Waals surface area contributed by atoms with Crippen molar-refractivity contribution < 1.29 is 9.90 Å². The fraction of sp³-hybridized carbons (Fsp3) is 0.562. The molecular formula is C16H23NO2. The number of piperidine rings is 1. The summed E-state index contributed by atoms with van der Waals surface area (Å²) in [6.07, 6.45) is 3.39. The second-order valence-electron chi connectivity index (χ2n) is 5.72. The van der Waals surface area contributed by atoms with Crippen molar-refractivity contribution in [2.45, 2.75) is 45.6 Å². The van der Waals surface area contributed by atoms with E-state index in [1.165, 1.54) is 12.0 Å². The first-order valence-electron chi connectivity index (χ1n) is 7.02. The predicted octanol–water partition coefficient (Wildman–Crippen LogP) is 3.09. The van der Waals surface area contributed by atoms with E-state index < -0.39 is 11.5 Å². The highest BCUT2D eigenvalue weighted by Crippen LogP contribution is 2.32. The smallest absolute Gasteiger partial charge is 0.328 e. The largest absolute Gasteiger partial charge is 0.480 e. The summed E-state index contributed by atoms with van der Waals surface area (Å²) in [7, 11) is 0. The fourth-order valence-corrected chi connectivity index (χ4v) is 2.83. The minimum atomic E-state index is -0.904. The quantitative estimate of drug-likeness (QED) is 0.909. The van der Waals surface area contributed by atoms with Crippen LogP contribution in [0.15, 0.2) is 18.2 Å². The molecule has 3 nitrogen and oxygen atoms in total. The van der Waals surface area contributed by atoms with Crippen molar-refractivity contribution >= 4 is 5.97 Å². The van der Waals surface area contributed by atoms with E-state index in [0.717, 1.165) is 37.1 Å². The number of nitrogens with zero attached hydrogens (tertiary/aromatic N) is 1. The molecule has 1 heterocycles. The lowest BCUT2D eigenvalue weighted by atomic mass is 9.86. The van der Waals surface area contributed by atoms with Crippen LogP contribution in [0.2, 0.25) is 0 Å². The first-order chi connectivity index (χ1) is 8.96. The molecule has 1 aliphatic rings. The molecule has 0 aliphatic carbocycles. The van der Waals surface area contributed by atoms with Gasteiger partial charge in [-0.25, -0.2) is 4.79 Å². The Morgan fingerprint density at radius 3 is 2.32 bits per heavy atom. The molecule has 0 bridgehead atoms. The average Bonchev–Trinajstić information content (AvgIpc) is 2.41. The summed E-state index contributed by atoms with van der Waals surface area (Å²) in [6, 6.07) is 6.01. The number of hydrogen-bond donors (Lipinski definition) is 1. The Morgan fingerprint density at radius 2 is 1.79 bits per heavy atom. The van der Waals surface area contributed by atoms with Crippen LogP contribution < -0.4 is 0 Å². The van der Waals surface area contributed by atoms with Crippen molar-refractivity contribution in [1.82, 2.24) is 4.90 Å². The molecule has 0 spiro atoms. The highest BCUT2D eigenvalue weighted by molar-refractivity contribution is 5.80. The number of aliphatic carboxylic acids is 1. The molecule has 3 heteroatoms. The van der Waals surface area contributed by atoms with Gasteiger partial charge in [-0.05, 0) is 63.4 Å². The van der Waals surface area contributed by atoms with Gasteiger partial charge in [0.25, 0.3) is 0 Å². The number of rotatable bonds is 3. The van der Waals surface area contributed by atoms with Gasteiger partial charge in [0, 0.05) is 0 Å². The van der Waals surface area contributed by atoms with Crippen LogP contribution in [0, 0.1) is 13.8 Å². The first-order valence-corrected chi connectivity index (χ1v) is 7.02. The standard InChI is InChI=1S/C16H23NO2/c1-12-7-8-14(11-13(12)2)16(3,15(18)19)17-9-5-4-6-10-17/h7-8,11H,4-6,9-10H2,1-3H3,(H,18,19). The third-order valence-corrected chi connectivity index (χ3v) is 4.47. The second-order valence-corrected chi connectivity index (χ2v) is 5.72. The Balaban J connectivity index is 2.42. The summed E-state index contributed by atoms with van der Waals surface area (Å²) in [6.45, 7) is 7.67. The van der Waals surface area contributed by atoms with Crippen molar-refractivity contribution in [3.63, 3.8) is 0 Å². The third-order valence-electron chi connectivity index (χ3n) is 4.47. The zero-order chi connectivity index (χ0) is 14.0. The van der Waals surface area contributed by atoms with Gasteiger partial charge in [-0.15, -0.1) is 0 Å². The summed E-state index contributed by atoms with van der Waals surface area (Å²) >= 11 is 0. The van der Waals surface area contributed by atoms with E-state index in [2.05, 4.69) is 11.8 Å². The average molecular weight is 261 g/mol. The highest BCUT2D eigenvalue weighted by atomic mass is 16.4. The zero-order valence-electron chi connectivity index (χ0n) is 12.1. The fourth-order valence-electron chi connectivity index (χ4n) is 2.83. The predicted molar refractivity (Wildman–Crippen MR) is 76.3 cm³/mol. The molecule has 2 rings (SSSR count). The van der Waals surface area contributed by atoms with Crippen molar-refractivity contribution in [3.8, 4) is 0 Å². The molecule has 1 unspecified atom stereocenters. The Labute approximate surface area is 115 Å². The summed E-state index contributed by atoms with van der Waals surface area (Å²) in [4.78, 5) is 14.0. The molecule has 0 radical (unpaired) electrons. The maximum Gasteiger partial charge on any atom is 0.328 e. The molecule has 0 amide bonds. The SMILES string of the molecule is Cc1ccc(C(C)(C(=O)O)N2CCCCC2)cc1C. The molecule has 1 saturated heterocycles. The van der Waals surface area contributed by atoms with Gasteiger partial charge in [-0.1, -0.05) is 24.6 Å². The van der Waals surface area contributed by atoms with Gasteiger partial charge in [-0.3, -0.25) is 4.90 Å². The Hall–Kier alpha value is -1.35. The van der Waals surface area contributed by atoms with Crippen LogP contribution in [0.4, 0.5) is 0 Å².